The van der Waals surface area contributed by atoms with Crippen molar-refractivity contribution < 1.29 is 18.9 Å². The summed E-state index contributed by atoms with van der Waals surface area (Å²) in [5.74, 6) is 1.48. The van der Waals surface area contributed by atoms with Crippen molar-refractivity contribution >= 4 is 17.3 Å². The van der Waals surface area contributed by atoms with Crippen LogP contribution in [0.25, 0.3) is 5.70 Å². The van der Waals surface area contributed by atoms with Crippen molar-refractivity contribution in [3.63, 3.8) is 0 Å². The molecule has 4 rings (SSSR count). The van der Waals surface area contributed by atoms with Gasteiger partial charge in [0.1, 0.15) is 17.6 Å². The maximum atomic E-state index is 6.50. The van der Waals surface area contributed by atoms with Gasteiger partial charge in [-0.3, -0.25) is 0 Å². The number of ether oxygens (including phenoxy) is 4. The molecule has 2 heterocycles. The molecule has 27 heavy (non-hydrogen) atoms. The normalized spacial score (nSPS) is 23.4. The summed E-state index contributed by atoms with van der Waals surface area (Å²) in [7, 11) is 1.69. The Morgan fingerprint density at radius 1 is 1.26 bits per heavy atom. The third-order valence-corrected chi connectivity index (χ3v) is 5.96. The molecule has 2 fully saturated rings. The number of halogens is 1. The van der Waals surface area contributed by atoms with Crippen LogP contribution in [0.15, 0.2) is 18.2 Å². The summed E-state index contributed by atoms with van der Waals surface area (Å²) in [6.45, 7) is 4.87. The molecule has 0 amide bonds. The zero-order valence-electron chi connectivity index (χ0n) is 16.1. The van der Waals surface area contributed by atoms with Crippen molar-refractivity contribution in [1.29, 1.82) is 0 Å². The molecule has 1 aromatic carbocycles. The first-order valence-electron chi connectivity index (χ1n) is 9.77. The third kappa shape index (κ3) is 3.91. The zero-order valence-corrected chi connectivity index (χ0v) is 16.8. The summed E-state index contributed by atoms with van der Waals surface area (Å²) in [5.41, 5.74) is 2.13. The number of benzene rings is 1. The van der Waals surface area contributed by atoms with Gasteiger partial charge in [0.15, 0.2) is 0 Å². The van der Waals surface area contributed by atoms with E-state index in [1.807, 2.05) is 12.1 Å². The predicted octanol–water partition coefficient (Wildman–Crippen LogP) is 4.04. The van der Waals surface area contributed by atoms with E-state index in [1.165, 1.54) is 19.3 Å². The highest BCUT2D eigenvalue weighted by Crippen LogP contribution is 2.44. The molecule has 1 atom stereocenters. The van der Waals surface area contributed by atoms with Gasteiger partial charge in [0.25, 0.3) is 0 Å². The van der Waals surface area contributed by atoms with Crippen LogP contribution in [0.1, 0.15) is 38.2 Å². The van der Waals surface area contributed by atoms with E-state index in [0.29, 0.717) is 43.2 Å². The highest BCUT2D eigenvalue weighted by molar-refractivity contribution is 6.32. The van der Waals surface area contributed by atoms with Crippen molar-refractivity contribution in [1.82, 2.24) is 5.32 Å². The van der Waals surface area contributed by atoms with Crippen LogP contribution in [0, 0.1) is 5.41 Å². The summed E-state index contributed by atoms with van der Waals surface area (Å²) in [6.07, 6.45) is 6.72. The van der Waals surface area contributed by atoms with Gasteiger partial charge < -0.3 is 24.3 Å². The molecule has 0 spiro atoms. The molecule has 0 radical (unpaired) electrons. The molecule has 5 nitrogen and oxygen atoms in total. The Morgan fingerprint density at radius 2 is 2.07 bits per heavy atom. The van der Waals surface area contributed by atoms with E-state index in [2.05, 4.69) is 18.3 Å². The lowest BCUT2D eigenvalue weighted by molar-refractivity contribution is -0.141. The van der Waals surface area contributed by atoms with Crippen LogP contribution in [-0.2, 0) is 9.47 Å². The van der Waals surface area contributed by atoms with E-state index in [-0.39, 0.29) is 11.5 Å². The maximum absolute atomic E-state index is 6.50. The van der Waals surface area contributed by atoms with Gasteiger partial charge >= 0.3 is 0 Å². The first kappa shape index (κ1) is 18.9. The number of rotatable bonds is 8. The molecule has 148 valence electrons. The molecule has 0 aromatic heterocycles. The lowest BCUT2D eigenvalue weighted by Gasteiger charge is -2.45. The number of hydrogen-bond donors (Lipinski definition) is 1. The minimum absolute atomic E-state index is 0.00333. The van der Waals surface area contributed by atoms with E-state index < -0.39 is 0 Å². The van der Waals surface area contributed by atoms with Crippen LogP contribution in [0.2, 0.25) is 5.02 Å². The SMILES string of the molecule is COCCCOc1cc2c(cc1Cl)C(NC1CCC1)=CC(C1(C)COC1)O2. The van der Waals surface area contributed by atoms with Crippen molar-refractivity contribution in [2.75, 3.05) is 33.5 Å². The van der Waals surface area contributed by atoms with Crippen LogP contribution in [-0.4, -0.2) is 45.7 Å². The van der Waals surface area contributed by atoms with Gasteiger partial charge in [-0.15, -0.1) is 0 Å². The lowest BCUT2D eigenvalue weighted by atomic mass is 9.80. The summed E-state index contributed by atoms with van der Waals surface area (Å²) < 4.78 is 22.8. The van der Waals surface area contributed by atoms with Crippen LogP contribution in [0.5, 0.6) is 11.5 Å². The molecule has 1 N–H and O–H groups in total. The van der Waals surface area contributed by atoms with E-state index in [9.17, 15) is 0 Å². The molecule has 6 heteroatoms. The maximum Gasteiger partial charge on any atom is 0.141 e. The standard InChI is InChI=1S/C21H28ClNO4/c1-21(12-25-13-21)20-10-17(23-14-5-3-6-14)15-9-16(22)19(11-18(15)27-20)26-8-4-7-24-2/h9-11,14,20,23H,3-8,12-13H2,1-2H3. The van der Waals surface area contributed by atoms with Crippen LogP contribution in [0.4, 0.5) is 0 Å². The number of methoxy groups -OCH3 is 1. The number of fused-ring (bicyclic) bond motifs is 1. The van der Waals surface area contributed by atoms with Crippen molar-refractivity contribution in [3.05, 3.63) is 28.8 Å². The average Bonchev–Trinajstić information content (AvgIpc) is 2.60. The average molecular weight is 394 g/mol. The Labute approximate surface area is 166 Å². The van der Waals surface area contributed by atoms with Gasteiger partial charge in [-0.2, -0.15) is 0 Å². The van der Waals surface area contributed by atoms with Gasteiger partial charge in [0.05, 0.1) is 30.3 Å². The minimum atomic E-state index is -0.0242. The van der Waals surface area contributed by atoms with E-state index in [1.54, 1.807) is 7.11 Å². The molecule has 2 aliphatic heterocycles. The Bertz CT molecular complexity index is 712. The molecule has 1 saturated heterocycles. The van der Waals surface area contributed by atoms with Crippen LogP contribution >= 0.6 is 11.6 Å². The second-order valence-corrected chi connectivity index (χ2v) is 8.42. The van der Waals surface area contributed by atoms with Crippen molar-refractivity contribution in [2.24, 2.45) is 5.41 Å². The Balaban J connectivity index is 1.58. The molecule has 0 bridgehead atoms. The highest BCUT2D eigenvalue weighted by Gasteiger charge is 2.44. The van der Waals surface area contributed by atoms with E-state index >= 15 is 0 Å². The van der Waals surface area contributed by atoms with Gasteiger partial charge in [0.2, 0.25) is 0 Å². The molecule has 1 aliphatic carbocycles. The molecule has 1 aromatic rings. The summed E-state index contributed by atoms with van der Waals surface area (Å²) in [4.78, 5) is 0. The van der Waals surface area contributed by atoms with E-state index in [4.69, 9.17) is 30.5 Å². The molecule has 1 saturated carbocycles. The monoisotopic (exact) mass is 393 g/mol. The Hall–Kier alpha value is -1.43. The number of hydrogen-bond acceptors (Lipinski definition) is 5. The first-order chi connectivity index (χ1) is 13.1. The summed E-state index contributed by atoms with van der Waals surface area (Å²) >= 11 is 6.50. The Morgan fingerprint density at radius 3 is 2.70 bits per heavy atom. The van der Waals surface area contributed by atoms with Gasteiger partial charge in [-0.25, -0.2) is 0 Å². The molecular formula is C21H28ClNO4. The summed E-state index contributed by atoms with van der Waals surface area (Å²) in [6, 6.07) is 4.42. The van der Waals surface area contributed by atoms with Gasteiger partial charge in [-0.1, -0.05) is 18.5 Å². The zero-order chi connectivity index (χ0) is 18.9. The fourth-order valence-electron chi connectivity index (χ4n) is 3.58. The molecule has 1 unspecified atom stereocenters. The van der Waals surface area contributed by atoms with E-state index in [0.717, 1.165) is 23.4 Å². The fraction of sp³-hybridized carbons (Fsp3) is 0.619. The third-order valence-electron chi connectivity index (χ3n) is 5.66. The topological polar surface area (TPSA) is 49.0 Å². The molecule has 3 aliphatic rings. The summed E-state index contributed by atoms with van der Waals surface area (Å²) in [5, 5.41) is 4.30. The van der Waals surface area contributed by atoms with Crippen LogP contribution < -0.4 is 14.8 Å². The smallest absolute Gasteiger partial charge is 0.141 e. The quantitative estimate of drug-likeness (QED) is 0.675. The Kier molecular flexibility index (Phi) is 5.53. The highest BCUT2D eigenvalue weighted by atomic mass is 35.5. The molecular weight excluding hydrogens is 366 g/mol. The number of nitrogens with one attached hydrogen (secondary N) is 1. The van der Waals surface area contributed by atoms with Crippen molar-refractivity contribution in [3.8, 4) is 11.5 Å². The van der Waals surface area contributed by atoms with Gasteiger partial charge in [0, 0.05) is 43.5 Å². The first-order valence-corrected chi connectivity index (χ1v) is 10.2. The predicted molar refractivity (Wildman–Crippen MR) is 106 cm³/mol. The van der Waals surface area contributed by atoms with Gasteiger partial charge in [-0.05, 0) is 31.4 Å². The second-order valence-electron chi connectivity index (χ2n) is 8.01. The minimum Gasteiger partial charge on any atom is -0.492 e. The largest absolute Gasteiger partial charge is 0.492 e. The fourth-order valence-corrected chi connectivity index (χ4v) is 3.80. The second kappa shape index (κ2) is 7.90. The lowest BCUT2D eigenvalue weighted by Crippen LogP contribution is -2.52. The van der Waals surface area contributed by atoms with Crippen molar-refractivity contribution in [2.45, 2.75) is 44.8 Å². The van der Waals surface area contributed by atoms with Crippen LogP contribution in [0.3, 0.4) is 0 Å².